The summed E-state index contributed by atoms with van der Waals surface area (Å²) in [5.74, 6) is -3.37. The minimum absolute atomic E-state index is 0.0352. The summed E-state index contributed by atoms with van der Waals surface area (Å²) >= 11 is 0. The van der Waals surface area contributed by atoms with Crippen molar-refractivity contribution < 1.29 is 34.2 Å². The maximum atomic E-state index is 12.9. The third kappa shape index (κ3) is 26.7. The quantitative estimate of drug-likeness (QED) is 0.0303. The zero-order chi connectivity index (χ0) is 35.5. The van der Waals surface area contributed by atoms with E-state index in [0.29, 0.717) is 25.8 Å². The molecular weight excluding hydrogens is 600 g/mol. The Hall–Kier alpha value is -2.98. The normalized spacial score (nSPS) is 12.7. The summed E-state index contributed by atoms with van der Waals surface area (Å²) in [6.07, 6.45) is 19.5. The monoisotopic (exact) mass is 666 g/mol. The van der Waals surface area contributed by atoms with Crippen LogP contribution in [0, 0.1) is 11.3 Å². The average molecular weight is 667 g/mol. The fourth-order valence-electron chi connectivity index (χ4n) is 5.63. The number of carboxylic acid groups (broad SMARTS) is 2. The molecule has 0 spiro atoms. The van der Waals surface area contributed by atoms with Gasteiger partial charge in [0.05, 0.1) is 12.0 Å². The number of rotatable bonds is 31. The SMILES string of the molecule is CC(C)(C)C(=O)C(CCCN=C(N)N)NC(=O)CCC(CC(=O)CCCCCCCCCCCCCCCCCCC(=O)O)C(=O)O. The number of nitrogens with zero attached hydrogens (tertiary/aromatic N) is 1. The van der Waals surface area contributed by atoms with E-state index in [-0.39, 0.29) is 43.2 Å². The van der Waals surface area contributed by atoms with Gasteiger partial charge in [-0.25, -0.2) is 0 Å². The number of hydrogen-bond acceptors (Lipinski definition) is 6. The van der Waals surface area contributed by atoms with Gasteiger partial charge in [-0.1, -0.05) is 111 Å². The van der Waals surface area contributed by atoms with E-state index in [1.165, 1.54) is 57.8 Å². The largest absolute Gasteiger partial charge is 0.481 e. The summed E-state index contributed by atoms with van der Waals surface area (Å²) in [6, 6.07) is -0.724. The van der Waals surface area contributed by atoms with Gasteiger partial charge < -0.3 is 27.0 Å². The van der Waals surface area contributed by atoms with Crippen LogP contribution in [0.2, 0.25) is 0 Å². The Morgan fingerprint density at radius 2 is 1.09 bits per heavy atom. The molecule has 0 fully saturated rings. The van der Waals surface area contributed by atoms with E-state index in [9.17, 15) is 29.1 Å². The van der Waals surface area contributed by atoms with Crippen LogP contribution >= 0.6 is 0 Å². The van der Waals surface area contributed by atoms with Crippen molar-refractivity contribution >= 4 is 35.4 Å². The van der Waals surface area contributed by atoms with E-state index in [4.69, 9.17) is 16.6 Å². The van der Waals surface area contributed by atoms with Gasteiger partial charge in [0.15, 0.2) is 11.7 Å². The van der Waals surface area contributed by atoms with Crippen molar-refractivity contribution in [3.05, 3.63) is 0 Å². The average Bonchev–Trinajstić information content (AvgIpc) is 2.98. The summed E-state index contributed by atoms with van der Waals surface area (Å²) < 4.78 is 0. The third-order valence-electron chi connectivity index (χ3n) is 8.48. The van der Waals surface area contributed by atoms with Crippen molar-refractivity contribution in [2.45, 2.75) is 174 Å². The molecule has 11 heteroatoms. The van der Waals surface area contributed by atoms with Crippen molar-refractivity contribution in [2.75, 3.05) is 6.54 Å². The van der Waals surface area contributed by atoms with Gasteiger partial charge in [-0.2, -0.15) is 0 Å². The predicted molar refractivity (Wildman–Crippen MR) is 187 cm³/mol. The van der Waals surface area contributed by atoms with Crippen LogP contribution in [0.1, 0.15) is 168 Å². The van der Waals surface area contributed by atoms with E-state index in [1.807, 2.05) is 0 Å². The molecule has 7 N–H and O–H groups in total. The number of aliphatic imine (C=N–C) groups is 1. The van der Waals surface area contributed by atoms with Crippen LogP contribution in [0.5, 0.6) is 0 Å². The summed E-state index contributed by atoms with van der Waals surface area (Å²) in [6.45, 7) is 5.67. The van der Waals surface area contributed by atoms with Gasteiger partial charge in [0, 0.05) is 37.6 Å². The number of amides is 1. The second-order valence-electron chi connectivity index (χ2n) is 14.1. The highest BCUT2D eigenvalue weighted by atomic mass is 16.4. The molecule has 0 aromatic carbocycles. The Balaban J connectivity index is 4.09. The van der Waals surface area contributed by atoms with Crippen molar-refractivity contribution in [3.8, 4) is 0 Å². The molecule has 0 bridgehead atoms. The molecule has 11 nitrogen and oxygen atoms in total. The number of unbranched alkanes of at least 4 members (excludes halogenated alkanes) is 15. The van der Waals surface area contributed by atoms with Crippen LogP contribution < -0.4 is 16.8 Å². The first-order valence-corrected chi connectivity index (χ1v) is 18.1. The zero-order valence-electron chi connectivity index (χ0n) is 29.7. The third-order valence-corrected chi connectivity index (χ3v) is 8.48. The Bertz CT molecular complexity index is 942. The van der Waals surface area contributed by atoms with Gasteiger partial charge >= 0.3 is 11.9 Å². The van der Waals surface area contributed by atoms with Crippen LogP contribution in [-0.2, 0) is 24.0 Å². The first-order valence-electron chi connectivity index (χ1n) is 18.1. The number of hydrogen-bond donors (Lipinski definition) is 5. The number of carboxylic acids is 2. The first-order chi connectivity index (χ1) is 22.2. The van der Waals surface area contributed by atoms with E-state index in [1.54, 1.807) is 20.8 Å². The minimum atomic E-state index is -1.09. The summed E-state index contributed by atoms with van der Waals surface area (Å²) in [4.78, 5) is 64.3. The van der Waals surface area contributed by atoms with Gasteiger partial charge in [0.2, 0.25) is 5.91 Å². The standard InChI is InChI=1S/C36H66N4O7/c1-36(2,3)33(45)30(22-20-26-39-35(37)38)40-31(42)25-24-28(34(46)47)27-29(41)21-18-16-14-12-10-8-6-4-5-7-9-11-13-15-17-19-23-32(43)44/h28,30H,4-27H2,1-3H3,(H,40,42)(H,43,44)(H,46,47)(H4,37,38,39). The van der Waals surface area contributed by atoms with Crippen molar-refractivity contribution in [1.29, 1.82) is 0 Å². The highest BCUT2D eigenvalue weighted by Gasteiger charge is 2.31. The summed E-state index contributed by atoms with van der Waals surface area (Å²) in [5, 5.41) is 21.0. The van der Waals surface area contributed by atoms with Crippen molar-refractivity contribution in [2.24, 2.45) is 27.8 Å². The number of nitrogens with one attached hydrogen (secondary N) is 1. The summed E-state index contributed by atoms with van der Waals surface area (Å²) in [7, 11) is 0. The topological polar surface area (TPSA) is 202 Å². The first kappa shape index (κ1) is 44.0. The van der Waals surface area contributed by atoms with Crippen molar-refractivity contribution in [1.82, 2.24) is 5.32 Å². The van der Waals surface area contributed by atoms with Gasteiger partial charge in [-0.3, -0.25) is 29.0 Å². The minimum Gasteiger partial charge on any atom is -0.481 e. The zero-order valence-corrected chi connectivity index (χ0v) is 29.7. The maximum absolute atomic E-state index is 12.9. The molecule has 0 rings (SSSR count). The fraction of sp³-hybridized carbons (Fsp3) is 0.833. The lowest BCUT2D eigenvalue weighted by atomic mass is 9.84. The molecule has 0 aromatic heterocycles. The van der Waals surface area contributed by atoms with E-state index < -0.39 is 35.2 Å². The van der Waals surface area contributed by atoms with Crippen LogP contribution in [0.4, 0.5) is 0 Å². The predicted octanol–water partition coefficient (Wildman–Crippen LogP) is 6.69. The molecule has 2 atom stereocenters. The highest BCUT2D eigenvalue weighted by molar-refractivity contribution is 5.92. The van der Waals surface area contributed by atoms with Gasteiger partial charge in [0.1, 0.15) is 5.78 Å². The Kier molecular flexibility index (Phi) is 25.3. The molecule has 0 saturated carbocycles. The molecular formula is C36H66N4O7. The summed E-state index contributed by atoms with van der Waals surface area (Å²) in [5.41, 5.74) is 10.0. The molecule has 0 aliphatic carbocycles. The van der Waals surface area contributed by atoms with Crippen molar-refractivity contribution in [3.63, 3.8) is 0 Å². The fourth-order valence-corrected chi connectivity index (χ4v) is 5.63. The molecule has 1 amide bonds. The number of ketones is 2. The second-order valence-corrected chi connectivity index (χ2v) is 14.1. The lowest BCUT2D eigenvalue weighted by Crippen LogP contribution is -2.45. The van der Waals surface area contributed by atoms with Gasteiger partial charge in [-0.05, 0) is 32.1 Å². The Labute approximate surface area is 283 Å². The number of Topliss-reactive ketones (excluding diaryl/α,β-unsaturated/α-hetero) is 2. The molecule has 2 unspecified atom stereocenters. The van der Waals surface area contributed by atoms with Gasteiger partial charge in [-0.15, -0.1) is 0 Å². The number of nitrogens with two attached hydrogens (primary N) is 2. The number of carbonyl (C=O) groups excluding carboxylic acids is 3. The van der Waals surface area contributed by atoms with E-state index >= 15 is 0 Å². The highest BCUT2D eigenvalue weighted by Crippen LogP contribution is 2.21. The van der Waals surface area contributed by atoms with E-state index in [0.717, 1.165) is 44.9 Å². The molecule has 0 aromatic rings. The van der Waals surface area contributed by atoms with Gasteiger partial charge in [0.25, 0.3) is 0 Å². The van der Waals surface area contributed by atoms with Crippen LogP contribution in [0.25, 0.3) is 0 Å². The number of carbonyl (C=O) groups is 5. The number of aliphatic carboxylic acids is 2. The molecule has 0 heterocycles. The molecule has 47 heavy (non-hydrogen) atoms. The molecule has 272 valence electrons. The Morgan fingerprint density at radius 3 is 1.49 bits per heavy atom. The Morgan fingerprint density at radius 1 is 0.638 bits per heavy atom. The molecule has 0 aliphatic rings. The number of guanidine groups is 1. The second kappa shape index (κ2) is 27.0. The maximum Gasteiger partial charge on any atom is 0.306 e. The van der Waals surface area contributed by atoms with Crippen LogP contribution in [0.3, 0.4) is 0 Å². The lowest BCUT2D eigenvalue weighted by molar-refractivity contribution is -0.144. The molecule has 0 saturated heterocycles. The van der Waals surface area contributed by atoms with Crippen LogP contribution in [-0.4, -0.2) is 58.2 Å². The smallest absolute Gasteiger partial charge is 0.306 e. The van der Waals surface area contributed by atoms with E-state index in [2.05, 4.69) is 10.3 Å². The molecule has 0 radical (unpaired) electrons. The molecule has 0 aliphatic heterocycles. The lowest BCUT2D eigenvalue weighted by Gasteiger charge is -2.25. The van der Waals surface area contributed by atoms with Crippen LogP contribution in [0.15, 0.2) is 4.99 Å².